The lowest BCUT2D eigenvalue weighted by Crippen LogP contribution is -2.43. The molecule has 0 aliphatic rings. The lowest BCUT2D eigenvalue weighted by Gasteiger charge is -2.14. The van der Waals surface area contributed by atoms with Gasteiger partial charge in [-0.1, -0.05) is 11.6 Å². The third kappa shape index (κ3) is 7.00. The Bertz CT molecular complexity index is 1040. The molecule has 0 saturated carbocycles. The second-order valence-electron chi connectivity index (χ2n) is 6.22. The maximum atomic E-state index is 12.9. The van der Waals surface area contributed by atoms with Gasteiger partial charge in [-0.25, -0.2) is 4.79 Å². The van der Waals surface area contributed by atoms with E-state index in [2.05, 4.69) is 4.74 Å². The quantitative estimate of drug-likeness (QED) is 0.369. The first kappa shape index (κ1) is 25.8. The van der Waals surface area contributed by atoms with Crippen molar-refractivity contribution in [1.29, 1.82) is 0 Å². The summed E-state index contributed by atoms with van der Waals surface area (Å²) in [6.07, 6.45) is -10.3. The van der Waals surface area contributed by atoms with Crippen LogP contribution in [0.4, 0.5) is 26.3 Å². The Balaban J connectivity index is 2.04. The molecule has 0 spiro atoms. The van der Waals surface area contributed by atoms with Crippen LogP contribution in [0.1, 0.15) is 31.8 Å². The second kappa shape index (κ2) is 9.98. The van der Waals surface area contributed by atoms with Crippen molar-refractivity contribution in [1.82, 2.24) is 10.9 Å². The minimum Gasteiger partial charge on any atom is -0.496 e. The lowest BCUT2D eigenvalue weighted by atomic mass is 10.0. The lowest BCUT2D eigenvalue weighted by molar-refractivity contribution is -0.143. The van der Waals surface area contributed by atoms with Crippen LogP contribution in [0.2, 0.25) is 5.02 Å². The van der Waals surface area contributed by atoms with Crippen molar-refractivity contribution in [3.05, 3.63) is 63.7 Å². The SMILES string of the molecule is COc1ccc(Cl)cc1C(=O)NNC(=O)COC(=O)c1cc(C(F)(F)F)cc(C(F)(F)F)c1. The number of halogens is 7. The van der Waals surface area contributed by atoms with Gasteiger partial charge in [0.1, 0.15) is 5.75 Å². The van der Waals surface area contributed by atoms with Gasteiger partial charge in [0.15, 0.2) is 6.61 Å². The summed E-state index contributed by atoms with van der Waals surface area (Å²) in [7, 11) is 1.27. The Morgan fingerprint density at radius 2 is 1.48 bits per heavy atom. The number of carbonyl (C=O) groups excluding carboxylic acids is 3. The Labute approximate surface area is 186 Å². The summed E-state index contributed by atoms with van der Waals surface area (Å²) in [4.78, 5) is 35.8. The maximum Gasteiger partial charge on any atom is 0.416 e. The summed E-state index contributed by atoms with van der Waals surface area (Å²) in [5.74, 6) is -3.52. The molecular weight excluding hydrogens is 486 g/mol. The largest absolute Gasteiger partial charge is 0.496 e. The molecule has 0 atom stereocenters. The zero-order chi connectivity index (χ0) is 25.0. The van der Waals surface area contributed by atoms with Crippen molar-refractivity contribution in [2.24, 2.45) is 0 Å². The Kier molecular flexibility index (Phi) is 7.80. The van der Waals surface area contributed by atoms with Crippen LogP contribution in [0.15, 0.2) is 36.4 Å². The molecule has 7 nitrogen and oxygen atoms in total. The van der Waals surface area contributed by atoms with E-state index in [-0.39, 0.29) is 34.5 Å². The molecule has 2 N–H and O–H groups in total. The van der Waals surface area contributed by atoms with E-state index in [0.717, 1.165) is 0 Å². The van der Waals surface area contributed by atoms with E-state index in [1.807, 2.05) is 10.9 Å². The normalized spacial score (nSPS) is 11.5. The van der Waals surface area contributed by atoms with Gasteiger partial charge in [0, 0.05) is 5.02 Å². The van der Waals surface area contributed by atoms with E-state index in [4.69, 9.17) is 16.3 Å². The van der Waals surface area contributed by atoms with Gasteiger partial charge in [-0.05, 0) is 36.4 Å². The number of nitrogens with one attached hydrogen (secondary N) is 2. The van der Waals surface area contributed by atoms with Crippen LogP contribution in [0.3, 0.4) is 0 Å². The molecule has 0 heterocycles. The van der Waals surface area contributed by atoms with Gasteiger partial charge in [-0.15, -0.1) is 0 Å². The van der Waals surface area contributed by atoms with Crippen LogP contribution in [0, 0.1) is 0 Å². The molecule has 2 rings (SSSR count). The van der Waals surface area contributed by atoms with Gasteiger partial charge in [0.25, 0.3) is 11.8 Å². The Morgan fingerprint density at radius 3 is 2.00 bits per heavy atom. The van der Waals surface area contributed by atoms with Crippen molar-refractivity contribution in [2.75, 3.05) is 13.7 Å². The number of rotatable bonds is 5. The molecule has 0 unspecified atom stereocenters. The van der Waals surface area contributed by atoms with Gasteiger partial charge in [-0.2, -0.15) is 26.3 Å². The summed E-state index contributed by atoms with van der Waals surface area (Å²) in [5.41, 5.74) is -0.775. The summed E-state index contributed by atoms with van der Waals surface area (Å²) < 4.78 is 86.6. The minimum atomic E-state index is -5.17. The fraction of sp³-hybridized carbons (Fsp3) is 0.211. The highest BCUT2D eigenvalue weighted by Gasteiger charge is 2.37. The predicted octanol–water partition coefficient (Wildman–Crippen LogP) is 4.00. The molecule has 2 aromatic rings. The van der Waals surface area contributed by atoms with Crippen LogP contribution in [0.25, 0.3) is 0 Å². The zero-order valence-electron chi connectivity index (χ0n) is 16.4. The van der Waals surface area contributed by atoms with Crippen molar-refractivity contribution < 1.29 is 50.2 Å². The van der Waals surface area contributed by atoms with Crippen molar-refractivity contribution in [3.8, 4) is 5.75 Å². The monoisotopic (exact) mass is 498 g/mol. The summed E-state index contributed by atoms with van der Waals surface area (Å²) in [6.45, 7) is -1.12. The molecule has 33 heavy (non-hydrogen) atoms. The third-order valence-electron chi connectivity index (χ3n) is 3.88. The molecule has 0 aliphatic heterocycles. The second-order valence-corrected chi connectivity index (χ2v) is 6.65. The van der Waals surface area contributed by atoms with Crippen molar-refractivity contribution in [3.63, 3.8) is 0 Å². The summed E-state index contributed by atoms with van der Waals surface area (Å²) in [6, 6.07) is 4.19. The van der Waals surface area contributed by atoms with Crippen LogP contribution < -0.4 is 15.6 Å². The van der Waals surface area contributed by atoms with Gasteiger partial charge < -0.3 is 9.47 Å². The summed E-state index contributed by atoms with van der Waals surface area (Å²) in [5, 5.41) is 0.181. The molecule has 178 valence electrons. The number of hydrogen-bond acceptors (Lipinski definition) is 5. The molecular formula is C19H13ClF6N2O5. The smallest absolute Gasteiger partial charge is 0.416 e. The molecule has 0 aliphatic carbocycles. The minimum absolute atomic E-state index is 0.0639. The Hall–Kier alpha value is -3.48. The van der Waals surface area contributed by atoms with Crippen molar-refractivity contribution in [2.45, 2.75) is 12.4 Å². The van der Waals surface area contributed by atoms with E-state index in [9.17, 15) is 40.7 Å². The third-order valence-corrected chi connectivity index (χ3v) is 4.11. The van der Waals surface area contributed by atoms with E-state index in [0.29, 0.717) is 0 Å². The highest BCUT2D eigenvalue weighted by Crippen LogP contribution is 2.36. The molecule has 0 bridgehead atoms. The zero-order valence-corrected chi connectivity index (χ0v) is 17.1. The highest BCUT2D eigenvalue weighted by atomic mass is 35.5. The van der Waals surface area contributed by atoms with Gasteiger partial charge in [-0.3, -0.25) is 20.4 Å². The van der Waals surface area contributed by atoms with Crippen LogP contribution in [0.5, 0.6) is 5.75 Å². The average molecular weight is 499 g/mol. The number of carbonyl (C=O) groups is 3. The topological polar surface area (TPSA) is 93.7 Å². The number of alkyl halides is 6. The first-order valence-corrected chi connectivity index (χ1v) is 8.99. The number of benzene rings is 2. The van der Waals surface area contributed by atoms with Crippen LogP contribution in [-0.4, -0.2) is 31.5 Å². The molecule has 14 heteroatoms. The van der Waals surface area contributed by atoms with Crippen LogP contribution in [-0.2, 0) is 21.9 Å². The number of hydrogen-bond donors (Lipinski definition) is 2. The first-order chi connectivity index (χ1) is 15.2. The number of ether oxygens (including phenoxy) is 2. The van der Waals surface area contributed by atoms with Crippen LogP contribution >= 0.6 is 11.6 Å². The highest BCUT2D eigenvalue weighted by molar-refractivity contribution is 6.31. The molecule has 0 aromatic heterocycles. The number of amides is 2. The molecule has 2 amide bonds. The average Bonchev–Trinajstić information content (AvgIpc) is 2.74. The van der Waals surface area contributed by atoms with Gasteiger partial charge in [0.05, 0.1) is 29.4 Å². The number of hydrazine groups is 1. The van der Waals surface area contributed by atoms with E-state index < -0.39 is 53.4 Å². The molecule has 0 radical (unpaired) electrons. The fourth-order valence-corrected chi connectivity index (χ4v) is 2.55. The van der Waals surface area contributed by atoms with E-state index in [1.165, 1.54) is 25.3 Å². The molecule has 2 aromatic carbocycles. The number of esters is 1. The van der Waals surface area contributed by atoms with Gasteiger partial charge >= 0.3 is 18.3 Å². The Morgan fingerprint density at radius 1 is 0.909 bits per heavy atom. The standard InChI is InChI=1S/C19H13ClF6N2O5/c1-32-14-3-2-12(20)7-13(14)16(30)28-27-15(29)8-33-17(31)9-4-10(18(21,22)23)6-11(5-9)19(24,25)26/h2-7H,8H2,1H3,(H,27,29)(H,28,30). The molecule has 0 saturated heterocycles. The molecule has 0 fully saturated rings. The van der Waals surface area contributed by atoms with Gasteiger partial charge in [0.2, 0.25) is 0 Å². The summed E-state index contributed by atoms with van der Waals surface area (Å²) >= 11 is 5.78. The predicted molar refractivity (Wildman–Crippen MR) is 100 cm³/mol. The first-order valence-electron chi connectivity index (χ1n) is 8.61. The van der Waals surface area contributed by atoms with Crippen molar-refractivity contribution >= 4 is 29.4 Å². The van der Waals surface area contributed by atoms with E-state index in [1.54, 1.807) is 0 Å². The maximum absolute atomic E-state index is 12.9. The fourth-order valence-electron chi connectivity index (χ4n) is 2.37. The van der Waals surface area contributed by atoms with E-state index >= 15 is 0 Å². The number of methoxy groups -OCH3 is 1.